The molecule has 2 aromatic rings. The lowest BCUT2D eigenvalue weighted by atomic mass is 9.71. The van der Waals surface area contributed by atoms with Crippen molar-refractivity contribution >= 4 is 11.7 Å². The van der Waals surface area contributed by atoms with Crippen molar-refractivity contribution in [2.75, 3.05) is 38.2 Å². The van der Waals surface area contributed by atoms with Crippen molar-refractivity contribution in [3.8, 4) is 5.75 Å². The van der Waals surface area contributed by atoms with Gasteiger partial charge in [-0.25, -0.2) is 9.97 Å². The van der Waals surface area contributed by atoms with Gasteiger partial charge >= 0.3 is 0 Å². The molecule has 2 aliphatic rings. The molecule has 2 atom stereocenters. The molecule has 0 unspecified atom stereocenters. The second-order valence-corrected chi connectivity index (χ2v) is 8.08. The number of carbonyl (C=O) groups is 1. The lowest BCUT2D eigenvalue weighted by molar-refractivity contribution is -0.0362. The molecular formula is C22H28N4O3. The van der Waals surface area contributed by atoms with Crippen molar-refractivity contribution in [3.05, 3.63) is 47.9 Å². The Bertz CT molecular complexity index is 890. The van der Waals surface area contributed by atoms with Crippen molar-refractivity contribution in [2.24, 2.45) is 5.41 Å². The van der Waals surface area contributed by atoms with Crippen LogP contribution in [-0.2, 0) is 0 Å². The fourth-order valence-electron chi connectivity index (χ4n) is 4.69. The highest BCUT2D eigenvalue weighted by molar-refractivity contribution is 5.97. The summed E-state index contributed by atoms with van der Waals surface area (Å²) >= 11 is 0. The molecule has 1 aromatic heterocycles. The van der Waals surface area contributed by atoms with Gasteiger partial charge < -0.3 is 19.6 Å². The molecule has 0 radical (unpaired) electrons. The maximum absolute atomic E-state index is 13.2. The first-order chi connectivity index (χ1) is 14.0. The maximum Gasteiger partial charge on any atom is 0.257 e. The molecule has 2 saturated heterocycles. The average molecular weight is 396 g/mol. The molecular weight excluding hydrogens is 368 g/mol. The van der Waals surface area contributed by atoms with E-state index in [2.05, 4.69) is 14.9 Å². The summed E-state index contributed by atoms with van der Waals surface area (Å²) in [5, 5.41) is 11.0. The van der Waals surface area contributed by atoms with Crippen LogP contribution in [0.5, 0.6) is 5.75 Å². The first-order valence-corrected chi connectivity index (χ1v) is 10.2. The van der Waals surface area contributed by atoms with Crippen molar-refractivity contribution < 1.29 is 14.6 Å². The highest BCUT2D eigenvalue weighted by Gasteiger charge is 2.47. The zero-order valence-electron chi connectivity index (χ0n) is 17.0. The molecule has 1 amide bonds. The van der Waals surface area contributed by atoms with Crippen LogP contribution in [0.2, 0.25) is 0 Å². The van der Waals surface area contributed by atoms with Gasteiger partial charge in [0.25, 0.3) is 5.91 Å². The van der Waals surface area contributed by atoms with Crippen LogP contribution in [0.3, 0.4) is 0 Å². The molecule has 0 bridgehead atoms. The molecule has 0 aliphatic carbocycles. The van der Waals surface area contributed by atoms with Crippen LogP contribution in [0.1, 0.15) is 35.4 Å². The smallest absolute Gasteiger partial charge is 0.257 e. The van der Waals surface area contributed by atoms with Gasteiger partial charge in [-0.3, -0.25) is 4.79 Å². The molecule has 0 saturated carbocycles. The fourth-order valence-corrected chi connectivity index (χ4v) is 4.69. The summed E-state index contributed by atoms with van der Waals surface area (Å²) in [6.07, 6.45) is 3.77. The minimum atomic E-state index is -0.435. The summed E-state index contributed by atoms with van der Waals surface area (Å²) in [5.41, 5.74) is 0.216. The molecule has 1 spiro atoms. The fraction of sp³-hybridized carbons (Fsp3) is 0.500. The van der Waals surface area contributed by atoms with E-state index in [1.54, 1.807) is 19.4 Å². The first-order valence-electron chi connectivity index (χ1n) is 10.2. The van der Waals surface area contributed by atoms with Gasteiger partial charge in [0.15, 0.2) is 0 Å². The van der Waals surface area contributed by atoms with Gasteiger partial charge in [0.1, 0.15) is 17.4 Å². The third-order valence-corrected chi connectivity index (χ3v) is 6.20. The van der Waals surface area contributed by atoms with Crippen LogP contribution in [0.4, 0.5) is 5.82 Å². The Morgan fingerprint density at radius 3 is 2.86 bits per heavy atom. The zero-order chi connectivity index (χ0) is 20.4. The standard InChI is InChI=1S/C22H28N4O3/c1-16-23-11-8-20(24-16)25-13-9-19(27)22(14-25)10-5-12-26(15-22)21(28)17-6-3-4-7-18(17)29-2/h3-4,6-8,11,19,27H,5,9-10,12-15H2,1-2H3/t19-,22-/m1/s1. The molecule has 29 heavy (non-hydrogen) atoms. The number of ether oxygens (including phenoxy) is 1. The number of hydrogen-bond acceptors (Lipinski definition) is 6. The number of rotatable bonds is 3. The minimum Gasteiger partial charge on any atom is -0.496 e. The highest BCUT2D eigenvalue weighted by Crippen LogP contribution is 2.40. The number of hydrogen-bond donors (Lipinski definition) is 1. The number of likely N-dealkylation sites (tertiary alicyclic amines) is 1. The van der Waals surface area contributed by atoms with Crippen LogP contribution < -0.4 is 9.64 Å². The van der Waals surface area contributed by atoms with Gasteiger partial charge in [0, 0.05) is 37.8 Å². The number of para-hydroxylation sites is 1. The van der Waals surface area contributed by atoms with E-state index in [0.29, 0.717) is 37.4 Å². The summed E-state index contributed by atoms with van der Waals surface area (Å²) in [4.78, 5) is 26.1. The Balaban J connectivity index is 1.57. The van der Waals surface area contributed by atoms with E-state index in [1.807, 2.05) is 36.1 Å². The summed E-state index contributed by atoms with van der Waals surface area (Å²) in [6, 6.07) is 9.24. The number of methoxy groups -OCH3 is 1. The largest absolute Gasteiger partial charge is 0.496 e. The third-order valence-electron chi connectivity index (χ3n) is 6.20. The summed E-state index contributed by atoms with van der Waals surface area (Å²) < 4.78 is 5.38. The number of amides is 1. The zero-order valence-corrected chi connectivity index (χ0v) is 17.0. The Morgan fingerprint density at radius 1 is 1.24 bits per heavy atom. The number of aliphatic hydroxyl groups is 1. The summed E-state index contributed by atoms with van der Waals surface area (Å²) in [6.45, 7) is 4.54. The molecule has 4 rings (SSSR count). The normalized spacial score (nSPS) is 24.6. The lowest BCUT2D eigenvalue weighted by Gasteiger charge is -2.51. The molecule has 154 valence electrons. The van der Waals surface area contributed by atoms with E-state index in [1.165, 1.54) is 0 Å². The maximum atomic E-state index is 13.2. The van der Waals surface area contributed by atoms with Crippen LogP contribution in [-0.4, -0.2) is 65.3 Å². The summed E-state index contributed by atoms with van der Waals surface area (Å²) in [5.74, 6) is 2.17. The molecule has 1 N–H and O–H groups in total. The minimum absolute atomic E-state index is 0.0382. The number of aliphatic hydroxyl groups excluding tert-OH is 1. The monoisotopic (exact) mass is 396 g/mol. The predicted octanol–water partition coefficient (Wildman–Crippen LogP) is 2.29. The van der Waals surface area contributed by atoms with Crippen LogP contribution in [0, 0.1) is 12.3 Å². The Labute approximate surface area is 171 Å². The topological polar surface area (TPSA) is 78.8 Å². The van der Waals surface area contributed by atoms with Gasteiger partial charge in [-0.15, -0.1) is 0 Å². The van der Waals surface area contributed by atoms with Crippen LogP contribution in [0.15, 0.2) is 36.5 Å². The van der Waals surface area contributed by atoms with Gasteiger partial charge in [0.2, 0.25) is 0 Å². The number of anilines is 1. The van der Waals surface area contributed by atoms with E-state index in [-0.39, 0.29) is 11.3 Å². The van der Waals surface area contributed by atoms with E-state index in [4.69, 9.17) is 4.74 Å². The second kappa shape index (κ2) is 7.99. The molecule has 7 heteroatoms. The number of nitrogens with zero attached hydrogens (tertiary/aromatic N) is 4. The molecule has 2 aliphatic heterocycles. The number of aryl methyl sites for hydroxylation is 1. The van der Waals surface area contributed by atoms with Gasteiger partial charge in [-0.1, -0.05) is 12.1 Å². The van der Waals surface area contributed by atoms with Gasteiger partial charge in [0.05, 0.1) is 18.8 Å². The number of aromatic nitrogens is 2. The Morgan fingerprint density at radius 2 is 2.07 bits per heavy atom. The lowest BCUT2D eigenvalue weighted by Crippen LogP contribution is -2.60. The van der Waals surface area contributed by atoms with Crippen LogP contribution in [0.25, 0.3) is 0 Å². The van der Waals surface area contributed by atoms with E-state index in [0.717, 1.165) is 31.0 Å². The molecule has 1 aromatic carbocycles. The summed E-state index contributed by atoms with van der Waals surface area (Å²) in [7, 11) is 1.58. The predicted molar refractivity (Wildman–Crippen MR) is 110 cm³/mol. The molecule has 2 fully saturated rings. The number of benzene rings is 1. The molecule has 3 heterocycles. The Hall–Kier alpha value is -2.67. The second-order valence-electron chi connectivity index (χ2n) is 8.08. The quantitative estimate of drug-likeness (QED) is 0.858. The van der Waals surface area contributed by atoms with E-state index in [9.17, 15) is 9.90 Å². The first kappa shape index (κ1) is 19.6. The van der Waals surface area contributed by atoms with Gasteiger partial charge in [-0.05, 0) is 44.4 Å². The van der Waals surface area contributed by atoms with E-state index < -0.39 is 6.10 Å². The number of carbonyl (C=O) groups excluding carboxylic acids is 1. The van der Waals surface area contributed by atoms with Gasteiger partial charge in [-0.2, -0.15) is 0 Å². The Kier molecular flexibility index (Phi) is 5.41. The van der Waals surface area contributed by atoms with Crippen molar-refractivity contribution in [2.45, 2.75) is 32.3 Å². The average Bonchev–Trinajstić information content (AvgIpc) is 2.75. The number of piperidine rings is 2. The van der Waals surface area contributed by atoms with Crippen molar-refractivity contribution in [1.82, 2.24) is 14.9 Å². The van der Waals surface area contributed by atoms with E-state index >= 15 is 0 Å². The van der Waals surface area contributed by atoms with Crippen molar-refractivity contribution in [3.63, 3.8) is 0 Å². The third kappa shape index (κ3) is 3.79. The molecule has 7 nitrogen and oxygen atoms in total. The highest BCUT2D eigenvalue weighted by atomic mass is 16.5. The van der Waals surface area contributed by atoms with Crippen LogP contribution >= 0.6 is 0 Å². The SMILES string of the molecule is COc1ccccc1C(=O)N1CCC[C@]2(C1)CN(c1ccnc(C)n1)CC[C@H]2O. The van der Waals surface area contributed by atoms with Crippen molar-refractivity contribution in [1.29, 1.82) is 0 Å².